The Labute approximate surface area is 150 Å². The topological polar surface area (TPSA) is 55.1 Å². The molecule has 1 N–H and O–H groups in total. The van der Waals surface area contributed by atoms with Gasteiger partial charge in [0.2, 0.25) is 0 Å². The number of carboxylic acids is 1. The second-order valence-electron chi connectivity index (χ2n) is 6.22. The van der Waals surface area contributed by atoms with E-state index in [1.54, 1.807) is 17.5 Å². The van der Waals surface area contributed by atoms with Crippen molar-refractivity contribution in [2.45, 2.75) is 25.3 Å². The van der Waals surface area contributed by atoms with Gasteiger partial charge in [-0.25, -0.2) is 9.78 Å². The van der Waals surface area contributed by atoms with Gasteiger partial charge in [0.25, 0.3) is 0 Å². The molecule has 2 heterocycles. The van der Waals surface area contributed by atoms with E-state index in [1.165, 1.54) is 15.3 Å². The van der Waals surface area contributed by atoms with E-state index in [1.807, 2.05) is 24.7 Å². The predicted octanol–water partition coefficient (Wildman–Crippen LogP) is 4.19. The summed E-state index contributed by atoms with van der Waals surface area (Å²) >= 11 is 1.79. The molecule has 0 spiro atoms. The van der Waals surface area contributed by atoms with Crippen molar-refractivity contribution in [1.29, 1.82) is 0 Å². The number of aliphatic carboxylic acids is 1. The number of imidazole rings is 1. The fourth-order valence-corrected chi connectivity index (χ4v) is 4.52. The van der Waals surface area contributed by atoms with Crippen molar-refractivity contribution in [2.24, 2.45) is 0 Å². The predicted molar refractivity (Wildman–Crippen MR) is 98.8 cm³/mol. The quantitative estimate of drug-likeness (QED) is 0.751. The highest BCUT2D eigenvalue weighted by atomic mass is 32.1. The Balaban J connectivity index is 1.70. The van der Waals surface area contributed by atoms with E-state index in [0.717, 1.165) is 18.4 Å². The summed E-state index contributed by atoms with van der Waals surface area (Å²) in [4.78, 5) is 18.0. The SMILES string of the molecule is O=C(O)C1=Cc2cc(C(Cc3ccccc3)n3ccnc3)sc2CC1. The van der Waals surface area contributed by atoms with Gasteiger partial charge in [0, 0.05) is 27.7 Å². The van der Waals surface area contributed by atoms with Crippen LogP contribution in [0.5, 0.6) is 0 Å². The van der Waals surface area contributed by atoms with Crippen LogP contribution in [-0.4, -0.2) is 20.6 Å². The summed E-state index contributed by atoms with van der Waals surface area (Å²) in [7, 11) is 0. The van der Waals surface area contributed by atoms with Gasteiger partial charge in [-0.15, -0.1) is 11.3 Å². The molecule has 126 valence electrons. The number of carbonyl (C=O) groups is 1. The summed E-state index contributed by atoms with van der Waals surface area (Å²) in [6.45, 7) is 0. The van der Waals surface area contributed by atoms with Crippen LogP contribution in [0.2, 0.25) is 0 Å². The Kier molecular flexibility index (Phi) is 4.24. The van der Waals surface area contributed by atoms with Crippen molar-refractivity contribution in [3.63, 3.8) is 0 Å². The molecule has 0 saturated heterocycles. The molecule has 0 radical (unpaired) electrons. The molecule has 2 aromatic heterocycles. The zero-order valence-corrected chi connectivity index (χ0v) is 14.4. The number of aryl methyl sites for hydroxylation is 1. The number of benzene rings is 1. The monoisotopic (exact) mass is 350 g/mol. The molecule has 1 aliphatic carbocycles. The lowest BCUT2D eigenvalue weighted by atomic mass is 9.98. The van der Waals surface area contributed by atoms with Gasteiger partial charge in [0.05, 0.1) is 12.4 Å². The number of thiophene rings is 1. The fourth-order valence-electron chi connectivity index (χ4n) is 3.27. The van der Waals surface area contributed by atoms with Crippen LogP contribution >= 0.6 is 11.3 Å². The van der Waals surface area contributed by atoms with Crippen LogP contribution in [-0.2, 0) is 17.6 Å². The molecule has 3 aromatic rings. The van der Waals surface area contributed by atoms with Crippen molar-refractivity contribution in [3.8, 4) is 0 Å². The molecule has 0 fully saturated rings. The lowest BCUT2D eigenvalue weighted by Gasteiger charge is -2.17. The van der Waals surface area contributed by atoms with Gasteiger partial charge in [-0.05, 0) is 42.5 Å². The Morgan fingerprint density at radius 2 is 2.12 bits per heavy atom. The first-order chi connectivity index (χ1) is 12.2. The summed E-state index contributed by atoms with van der Waals surface area (Å²) in [6.07, 6.45) is 9.77. The Morgan fingerprint density at radius 3 is 2.84 bits per heavy atom. The first-order valence-electron chi connectivity index (χ1n) is 8.28. The summed E-state index contributed by atoms with van der Waals surface area (Å²) in [5.74, 6) is -0.811. The Bertz CT molecular complexity index is 911. The molecule has 1 atom stereocenters. The average molecular weight is 350 g/mol. The highest BCUT2D eigenvalue weighted by Gasteiger charge is 2.22. The van der Waals surface area contributed by atoms with Crippen LogP contribution in [0.15, 0.2) is 60.7 Å². The number of hydrogen-bond acceptors (Lipinski definition) is 3. The van der Waals surface area contributed by atoms with Gasteiger partial charge in [-0.3, -0.25) is 0 Å². The van der Waals surface area contributed by atoms with E-state index < -0.39 is 5.97 Å². The highest BCUT2D eigenvalue weighted by molar-refractivity contribution is 7.12. The third-order valence-electron chi connectivity index (χ3n) is 4.57. The first-order valence-corrected chi connectivity index (χ1v) is 9.10. The third kappa shape index (κ3) is 3.28. The minimum Gasteiger partial charge on any atom is -0.478 e. The second-order valence-corrected chi connectivity index (χ2v) is 7.39. The largest absolute Gasteiger partial charge is 0.478 e. The summed E-state index contributed by atoms with van der Waals surface area (Å²) < 4.78 is 2.13. The number of nitrogens with zero attached hydrogens (tertiary/aromatic N) is 2. The summed E-state index contributed by atoms with van der Waals surface area (Å²) in [6, 6.07) is 12.7. The Morgan fingerprint density at radius 1 is 1.28 bits per heavy atom. The van der Waals surface area contributed by atoms with Crippen molar-refractivity contribution in [2.75, 3.05) is 0 Å². The van der Waals surface area contributed by atoms with Crippen LogP contribution in [0.25, 0.3) is 6.08 Å². The lowest BCUT2D eigenvalue weighted by Crippen LogP contribution is -2.10. The van der Waals surface area contributed by atoms with Gasteiger partial charge < -0.3 is 9.67 Å². The number of carboxylic acid groups (broad SMARTS) is 1. The van der Waals surface area contributed by atoms with Gasteiger partial charge in [-0.2, -0.15) is 0 Å². The molecule has 0 aliphatic heterocycles. The van der Waals surface area contributed by atoms with E-state index >= 15 is 0 Å². The van der Waals surface area contributed by atoms with E-state index in [-0.39, 0.29) is 6.04 Å². The first kappa shape index (κ1) is 15.8. The second kappa shape index (κ2) is 6.69. The van der Waals surface area contributed by atoms with Crippen LogP contribution < -0.4 is 0 Å². The molecule has 0 amide bonds. The van der Waals surface area contributed by atoms with Crippen molar-refractivity contribution < 1.29 is 9.90 Å². The number of fused-ring (bicyclic) bond motifs is 1. The molecule has 4 nitrogen and oxygen atoms in total. The standard InChI is InChI=1S/C20H18N2O2S/c23-20(24)15-6-7-18-16(11-15)12-19(25-18)17(22-9-8-21-13-22)10-14-4-2-1-3-5-14/h1-5,8-9,11-13,17H,6-7,10H2,(H,23,24). The molecular formula is C20H18N2O2S. The molecule has 1 aromatic carbocycles. The molecule has 4 rings (SSSR count). The van der Waals surface area contributed by atoms with Crippen molar-refractivity contribution >= 4 is 23.4 Å². The molecule has 1 unspecified atom stereocenters. The van der Waals surface area contributed by atoms with Crippen molar-refractivity contribution in [1.82, 2.24) is 9.55 Å². The van der Waals surface area contributed by atoms with E-state index in [0.29, 0.717) is 12.0 Å². The molecule has 5 heteroatoms. The van der Waals surface area contributed by atoms with Crippen LogP contribution in [0.4, 0.5) is 0 Å². The van der Waals surface area contributed by atoms with Crippen LogP contribution in [0.3, 0.4) is 0 Å². The molecule has 0 saturated carbocycles. The minimum absolute atomic E-state index is 0.169. The van der Waals surface area contributed by atoms with Crippen LogP contribution in [0, 0.1) is 0 Å². The van der Waals surface area contributed by atoms with E-state index in [4.69, 9.17) is 0 Å². The molecule has 1 aliphatic rings. The van der Waals surface area contributed by atoms with E-state index in [2.05, 4.69) is 39.9 Å². The van der Waals surface area contributed by atoms with Gasteiger partial charge in [-0.1, -0.05) is 30.3 Å². The van der Waals surface area contributed by atoms with Crippen molar-refractivity contribution in [3.05, 3.63) is 81.6 Å². The zero-order valence-electron chi connectivity index (χ0n) is 13.6. The molecular weight excluding hydrogens is 332 g/mol. The minimum atomic E-state index is -0.811. The maximum atomic E-state index is 11.3. The van der Waals surface area contributed by atoms with Gasteiger partial charge in [0.15, 0.2) is 0 Å². The number of hydrogen-bond donors (Lipinski definition) is 1. The smallest absolute Gasteiger partial charge is 0.331 e. The maximum Gasteiger partial charge on any atom is 0.331 e. The molecule has 0 bridgehead atoms. The fraction of sp³-hybridized carbons (Fsp3) is 0.200. The lowest BCUT2D eigenvalue weighted by molar-refractivity contribution is -0.132. The Hall–Kier alpha value is -2.66. The third-order valence-corrected chi connectivity index (χ3v) is 5.88. The maximum absolute atomic E-state index is 11.3. The number of aromatic nitrogens is 2. The van der Waals surface area contributed by atoms with Gasteiger partial charge >= 0.3 is 5.97 Å². The zero-order chi connectivity index (χ0) is 17.2. The van der Waals surface area contributed by atoms with Gasteiger partial charge in [0.1, 0.15) is 0 Å². The van der Waals surface area contributed by atoms with Crippen LogP contribution in [0.1, 0.15) is 33.3 Å². The summed E-state index contributed by atoms with van der Waals surface area (Å²) in [5.41, 5.74) is 2.83. The average Bonchev–Trinajstić information content (AvgIpc) is 3.29. The summed E-state index contributed by atoms with van der Waals surface area (Å²) in [5, 5.41) is 9.25. The normalized spacial score (nSPS) is 14.6. The highest BCUT2D eigenvalue weighted by Crippen LogP contribution is 2.36. The number of rotatable bonds is 5. The van der Waals surface area contributed by atoms with E-state index in [9.17, 15) is 9.90 Å². The molecule has 25 heavy (non-hydrogen) atoms.